The van der Waals surface area contributed by atoms with Gasteiger partial charge in [-0.05, 0) is 41.0 Å². The molecule has 0 heterocycles. The molecule has 3 nitrogen and oxygen atoms in total. The maximum atomic E-state index is 10.5. The number of carbonyl (C=O) groups is 1. The van der Waals surface area contributed by atoms with Gasteiger partial charge in [-0.1, -0.05) is 6.92 Å². The zero-order chi connectivity index (χ0) is 9.84. The van der Waals surface area contributed by atoms with Crippen LogP contribution in [0.1, 0.15) is 26.2 Å². The Kier molecular flexibility index (Phi) is 4.02. The summed E-state index contributed by atoms with van der Waals surface area (Å²) < 4.78 is 6.03. The van der Waals surface area contributed by atoms with Crippen molar-refractivity contribution in [3.63, 3.8) is 0 Å². The quantitative estimate of drug-likeness (QED) is 0.482. The van der Waals surface area contributed by atoms with Crippen LogP contribution in [0.3, 0.4) is 0 Å². The number of ether oxygens (including phenoxy) is 1. The number of hydrogen-bond donors (Lipinski definition) is 1. The highest BCUT2D eigenvalue weighted by Crippen LogP contribution is 2.36. The van der Waals surface area contributed by atoms with E-state index in [1.54, 1.807) is 0 Å². The van der Waals surface area contributed by atoms with Gasteiger partial charge in [-0.2, -0.15) is 0 Å². The van der Waals surface area contributed by atoms with Crippen molar-refractivity contribution in [2.45, 2.75) is 26.2 Å². The van der Waals surface area contributed by atoms with Gasteiger partial charge in [-0.25, -0.2) is 0 Å². The van der Waals surface area contributed by atoms with Crippen molar-refractivity contribution in [1.29, 1.82) is 0 Å². The number of rotatable bonds is 5. The lowest BCUT2D eigenvalue weighted by Gasteiger charge is -2.13. The largest absolute Gasteiger partial charge is 0.487 e. The highest BCUT2D eigenvalue weighted by Gasteiger charge is 2.24. The summed E-state index contributed by atoms with van der Waals surface area (Å²) in [5.41, 5.74) is 1.30. The summed E-state index contributed by atoms with van der Waals surface area (Å²) in [6, 6.07) is 0. The zero-order valence-electron chi connectivity index (χ0n) is 7.55. The summed E-state index contributed by atoms with van der Waals surface area (Å²) in [7, 11) is 0. The fourth-order valence-corrected chi connectivity index (χ4v) is 1.65. The molecule has 1 N–H and O–H groups in total. The number of carboxylic acid groups (broad SMARTS) is 1. The van der Waals surface area contributed by atoms with Crippen molar-refractivity contribution in [2.75, 3.05) is 4.61 Å². The van der Waals surface area contributed by atoms with Gasteiger partial charge in [0.15, 0.2) is 0 Å². The molecule has 1 saturated carbocycles. The predicted octanol–water partition coefficient (Wildman–Crippen LogP) is 2.55. The van der Waals surface area contributed by atoms with Gasteiger partial charge in [-0.15, -0.1) is 0 Å². The second-order valence-corrected chi connectivity index (χ2v) is 3.84. The molecule has 4 heteroatoms. The molecule has 0 amide bonds. The lowest BCUT2D eigenvalue weighted by molar-refractivity contribution is -0.137. The fourth-order valence-electron chi connectivity index (χ4n) is 1.32. The summed E-state index contributed by atoms with van der Waals surface area (Å²) in [6.07, 6.45) is 2.32. The van der Waals surface area contributed by atoms with E-state index in [0.29, 0.717) is 4.61 Å². The lowest BCUT2D eigenvalue weighted by atomic mass is 10.1. The molecule has 1 unspecified atom stereocenters. The molecule has 74 valence electrons. The minimum atomic E-state index is -0.761. The van der Waals surface area contributed by atoms with Gasteiger partial charge >= 0.3 is 5.97 Å². The smallest absolute Gasteiger partial charge is 0.304 e. The third-order valence-electron chi connectivity index (χ3n) is 1.99. The maximum Gasteiger partial charge on any atom is 0.304 e. The van der Waals surface area contributed by atoms with Crippen molar-refractivity contribution in [2.24, 2.45) is 5.92 Å². The van der Waals surface area contributed by atoms with Crippen molar-refractivity contribution in [3.05, 3.63) is 11.3 Å². The summed E-state index contributed by atoms with van der Waals surface area (Å²) in [5.74, 6) is 0.171. The Labute approximate surface area is 91.3 Å². The average molecular weight is 296 g/mol. The van der Waals surface area contributed by atoms with E-state index in [2.05, 4.69) is 22.6 Å². The minimum absolute atomic E-state index is 0.0183. The first-order chi connectivity index (χ1) is 6.15. The number of aliphatic carboxylic acids is 1. The highest BCUT2D eigenvalue weighted by atomic mass is 127. The molecule has 1 aliphatic carbocycles. The van der Waals surface area contributed by atoms with E-state index < -0.39 is 5.97 Å². The standard InChI is InChI=1S/C9H13IO3/c1-6(4-8(11)12)9(13-5-10)7-2-3-7/h6H,2-5H2,1H3,(H,11,12). The van der Waals surface area contributed by atoms with Crippen molar-refractivity contribution in [1.82, 2.24) is 0 Å². The number of alkyl halides is 1. The Morgan fingerprint density at radius 1 is 1.69 bits per heavy atom. The third kappa shape index (κ3) is 3.54. The molecule has 1 aliphatic rings. The number of hydrogen-bond acceptors (Lipinski definition) is 2. The van der Waals surface area contributed by atoms with Crippen molar-refractivity contribution < 1.29 is 14.6 Å². The summed E-state index contributed by atoms with van der Waals surface area (Å²) in [5, 5.41) is 8.62. The van der Waals surface area contributed by atoms with E-state index >= 15 is 0 Å². The molecule has 1 rings (SSSR count). The van der Waals surface area contributed by atoms with Crippen LogP contribution in [0, 0.1) is 5.92 Å². The second-order valence-electron chi connectivity index (χ2n) is 3.22. The van der Waals surface area contributed by atoms with Gasteiger partial charge in [0.2, 0.25) is 0 Å². The van der Waals surface area contributed by atoms with Crippen LogP contribution in [0.15, 0.2) is 11.3 Å². The van der Waals surface area contributed by atoms with Gasteiger partial charge in [0, 0.05) is 5.92 Å². The Morgan fingerprint density at radius 2 is 2.31 bits per heavy atom. The average Bonchev–Trinajstić information content (AvgIpc) is 2.81. The molecule has 0 aromatic rings. The van der Waals surface area contributed by atoms with Gasteiger partial charge in [0.1, 0.15) is 4.61 Å². The van der Waals surface area contributed by atoms with E-state index in [9.17, 15) is 4.79 Å². The molecule has 0 bridgehead atoms. The van der Waals surface area contributed by atoms with E-state index in [0.717, 1.165) is 18.6 Å². The van der Waals surface area contributed by atoms with Crippen LogP contribution in [0.25, 0.3) is 0 Å². The Bertz CT molecular complexity index is 229. The molecule has 1 atom stereocenters. The van der Waals surface area contributed by atoms with Crippen LogP contribution in [0.5, 0.6) is 0 Å². The molecule has 0 saturated heterocycles. The molecule has 0 aromatic heterocycles. The molecule has 0 aromatic carbocycles. The van der Waals surface area contributed by atoms with Crippen LogP contribution < -0.4 is 0 Å². The van der Waals surface area contributed by atoms with Gasteiger partial charge in [0.25, 0.3) is 0 Å². The van der Waals surface area contributed by atoms with Crippen LogP contribution in [0.2, 0.25) is 0 Å². The molecule has 0 aliphatic heterocycles. The SMILES string of the molecule is CC(CC(=O)O)C(OCI)=C1CC1. The Balaban J connectivity index is 2.55. The summed E-state index contributed by atoms with van der Waals surface area (Å²) >= 11 is 2.13. The van der Waals surface area contributed by atoms with Crippen molar-refractivity contribution >= 4 is 28.6 Å². The first-order valence-corrected chi connectivity index (χ1v) is 5.80. The molecular formula is C9H13IO3. The van der Waals surface area contributed by atoms with E-state index in [-0.39, 0.29) is 12.3 Å². The number of carboxylic acids is 1. The van der Waals surface area contributed by atoms with Gasteiger partial charge in [-0.3, -0.25) is 4.79 Å². The second kappa shape index (κ2) is 4.83. The fraction of sp³-hybridized carbons (Fsp3) is 0.667. The van der Waals surface area contributed by atoms with Crippen LogP contribution >= 0.6 is 22.6 Å². The summed E-state index contributed by atoms with van der Waals surface area (Å²) in [4.78, 5) is 10.5. The zero-order valence-corrected chi connectivity index (χ0v) is 9.70. The topological polar surface area (TPSA) is 46.5 Å². The molecule has 0 spiro atoms. The van der Waals surface area contributed by atoms with Crippen molar-refractivity contribution in [3.8, 4) is 0 Å². The van der Waals surface area contributed by atoms with Gasteiger partial charge < -0.3 is 9.84 Å². The third-order valence-corrected chi connectivity index (χ3v) is 2.30. The predicted molar refractivity (Wildman–Crippen MR) is 57.6 cm³/mol. The van der Waals surface area contributed by atoms with Gasteiger partial charge in [0.05, 0.1) is 12.2 Å². The van der Waals surface area contributed by atoms with Crippen LogP contribution in [-0.2, 0) is 9.53 Å². The maximum absolute atomic E-state index is 10.5. The van der Waals surface area contributed by atoms with E-state index in [1.165, 1.54) is 5.57 Å². The number of halogens is 1. The van der Waals surface area contributed by atoms with Crippen LogP contribution in [-0.4, -0.2) is 15.7 Å². The first kappa shape index (κ1) is 10.8. The minimum Gasteiger partial charge on any atom is -0.487 e. The van der Waals surface area contributed by atoms with E-state index in [1.807, 2.05) is 6.92 Å². The molecular weight excluding hydrogens is 283 g/mol. The first-order valence-electron chi connectivity index (χ1n) is 4.27. The molecule has 1 fully saturated rings. The van der Waals surface area contributed by atoms with Crippen LogP contribution in [0.4, 0.5) is 0 Å². The lowest BCUT2D eigenvalue weighted by Crippen LogP contribution is -2.09. The Hall–Kier alpha value is -0.260. The monoisotopic (exact) mass is 296 g/mol. The van der Waals surface area contributed by atoms with E-state index in [4.69, 9.17) is 9.84 Å². The summed E-state index contributed by atoms with van der Waals surface area (Å²) in [6.45, 7) is 1.90. The molecule has 13 heavy (non-hydrogen) atoms. The Morgan fingerprint density at radius 3 is 2.69 bits per heavy atom. The molecule has 0 radical (unpaired) electrons. The highest BCUT2D eigenvalue weighted by molar-refractivity contribution is 14.1. The normalized spacial score (nSPS) is 16.6. The number of allylic oxidation sites excluding steroid dienone is 2.